The van der Waals surface area contributed by atoms with Crippen molar-refractivity contribution in [1.29, 1.82) is 0 Å². The molecule has 0 amide bonds. The lowest BCUT2D eigenvalue weighted by Crippen LogP contribution is -2.38. The number of rotatable bonds is 2. The Labute approximate surface area is 281 Å². The van der Waals surface area contributed by atoms with Crippen LogP contribution in [0.5, 0.6) is 11.5 Å². The predicted octanol–water partition coefficient (Wildman–Crippen LogP) is 11.7. The first-order valence-electron chi connectivity index (χ1n) is 17.3. The van der Waals surface area contributed by atoms with Gasteiger partial charge in [0.05, 0.1) is 5.41 Å². The van der Waals surface area contributed by atoms with E-state index in [1.54, 1.807) is 0 Å². The highest BCUT2D eigenvalue weighted by Gasteiger charge is 2.61. The lowest BCUT2D eigenvalue weighted by Gasteiger charge is -2.46. The molecule has 6 aromatic carbocycles. The molecule has 0 N–H and O–H groups in total. The molecular weight excluding hydrogens is 581 g/mol. The van der Waals surface area contributed by atoms with Gasteiger partial charge in [-0.25, -0.2) is 0 Å². The molecule has 0 fully saturated rings. The molecular formula is C47H34O. The predicted molar refractivity (Wildman–Crippen MR) is 195 cm³/mol. The molecule has 1 heterocycles. The Hall–Kier alpha value is -5.40. The Kier molecular flexibility index (Phi) is 4.96. The zero-order chi connectivity index (χ0) is 31.9. The Morgan fingerprint density at radius 3 is 2.15 bits per heavy atom. The quantitative estimate of drug-likeness (QED) is 0.188. The monoisotopic (exact) mass is 614 g/mol. The van der Waals surface area contributed by atoms with Gasteiger partial charge in [0, 0.05) is 23.0 Å². The molecule has 4 aliphatic carbocycles. The molecule has 1 heteroatoms. The normalized spacial score (nSPS) is 21.3. The summed E-state index contributed by atoms with van der Waals surface area (Å²) < 4.78 is 6.92. The van der Waals surface area contributed by atoms with Gasteiger partial charge in [-0.05, 0) is 89.9 Å². The molecule has 3 unspecified atom stereocenters. The van der Waals surface area contributed by atoms with E-state index in [1.807, 2.05) is 0 Å². The smallest absolute Gasteiger partial charge is 0.132 e. The van der Waals surface area contributed by atoms with Crippen molar-refractivity contribution in [3.05, 3.63) is 195 Å². The largest absolute Gasteiger partial charge is 0.457 e. The van der Waals surface area contributed by atoms with Crippen molar-refractivity contribution in [1.82, 2.24) is 0 Å². The number of ether oxygens (including phenoxy) is 1. The maximum atomic E-state index is 6.92. The third kappa shape index (κ3) is 3.18. The molecule has 0 aromatic heterocycles. The van der Waals surface area contributed by atoms with Crippen LogP contribution in [0.2, 0.25) is 0 Å². The zero-order valence-corrected chi connectivity index (χ0v) is 27.3. The minimum absolute atomic E-state index is 0.0417. The highest BCUT2D eigenvalue weighted by atomic mass is 16.5. The third-order valence-corrected chi connectivity index (χ3v) is 11.8. The minimum Gasteiger partial charge on any atom is -0.457 e. The highest BCUT2D eigenvalue weighted by Crippen LogP contribution is 2.72. The second-order valence-corrected chi connectivity index (χ2v) is 15.2. The molecule has 0 saturated carbocycles. The molecule has 228 valence electrons. The molecule has 0 saturated heterocycles. The zero-order valence-electron chi connectivity index (χ0n) is 27.3. The summed E-state index contributed by atoms with van der Waals surface area (Å²) in [6.07, 6.45) is 5.05. The van der Waals surface area contributed by atoms with Crippen molar-refractivity contribution in [3.8, 4) is 33.8 Å². The second-order valence-electron chi connectivity index (χ2n) is 15.2. The van der Waals surface area contributed by atoms with Crippen LogP contribution in [0.3, 0.4) is 0 Å². The first-order chi connectivity index (χ1) is 23.4. The van der Waals surface area contributed by atoms with Crippen LogP contribution in [0.15, 0.2) is 145 Å². The SMILES string of the molecule is CC(C)(C)c1ccc2c(c1)C1c3ccccc3-c3ccc4c(c31)C21C2=CC(c3ccc(-c5ccccc5)cc3)=CC2c2cccc(c21)O4. The standard InChI is InChI=1S/C47H34O/c1-46(2,3)31-20-22-38-37(26-31)42-33-13-8-7-12-32(33)34-21-23-41-45(43(34)42)47(38)39-25-30(24-36(39)35-14-9-15-40(48-41)44(35)47)29-18-16-28(17-19-29)27-10-5-4-6-11-27/h4-26,36,42H,1-3H3. The fourth-order valence-corrected chi connectivity index (χ4v) is 9.78. The summed E-state index contributed by atoms with van der Waals surface area (Å²) in [7, 11) is 0. The molecule has 1 spiro atoms. The van der Waals surface area contributed by atoms with Crippen molar-refractivity contribution in [3.63, 3.8) is 0 Å². The van der Waals surface area contributed by atoms with Crippen LogP contribution in [-0.4, -0.2) is 0 Å². The van der Waals surface area contributed by atoms with Gasteiger partial charge >= 0.3 is 0 Å². The lowest BCUT2D eigenvalue weighted by molar-refractivity contribution is 0.431. The van der Waals surface area contributed by atoms with Gasteiger partial charge < -0.3 is 4.74 Å². The van der Waals surface area contributed by atoms with E-state index >= 15 is 0 Å². The summed E-state index contributed by atoms with van der Waals surface area (Å²) in [5, 5.41) is 0. The van der Waals surface area contributed by atoms with E-state index in [1.165, 1.54) is 83.5 Å². The van der Waals surface area contributed by atoms with Gasteiger partial charge in [0.25, 0.3) is 0 Å². The maximum Gasteiger partial charge on any atom is 0.132 e. The van der Waals surface area contributed by atoms with Gasteiger partial charge in [-0.15, -0.1) is 0 Å². The van der Waals surface area contributed by atoms with Crippen LogP contribution in [0, 0.1) is 0 Å². The first-order valence-corrected chi connectivity index (χ1v) is 17.3. The number of fused-ring (bicyclic) bond motifs is 7. The van der Waals surface area contributed by atoms with E-state index < -0.39 is 5.41 Å². The average Bonchev–Trinajstić information content (AvgIpc) is 3.78. The third-order valence-electron chi connectivity index (χ3n) is 11.8. The van der Waals surface area contributed by atoms with E-state index in [2.05, 4.69) is 160 Å². The number of benzene rings is 6. The molecule has 11 rings (SSSR count). The van der Waals surface area contributed by atoms with Gasteiger partial charge in [-0.3, -0.25) is 0 Å². The molecule has 48 heavy (non-hydrogen) atoms. The summed E-state index contributed by atoms with van der Waals surface area (Å²) in [5.74, 6) is 2.37. The first kappa shape index (κ1) is 26.6. The number of hydrogen-bond donors (Lipinski definition) is 0. The average molecular weight is 615 g/mol. The molecule has 5 aliphatic rings. The Bertz CT molecular complexity index is 2450. The van der Waals surface area contributed by atoms with E-state index in [9.17, 15) is 0 Å². The van der Waals surface area contributed by atoms with Crippen molar-refractivity contribution < 1.29 is 4.74 Å². The Morgan fingerprint density at radius 2 is 1.31 bits per heavy atom. The van der Waals surface area contributed by atoms with Crippen LogP contribution in [0.1, 0.15) is 82.7 Å². The molecule has 6 aromatic rings. The van der Waals surface area contributed by atoms with E-state index in [0.717, 1.165) is 11.5 Å². The highest BCUT2D eigenvalue weighted by molar-refractivity contribution is 5.94. The summed E-state index contributed by atoms with van der Waals surface area (Å²) in [6, 6.07) is 47.6. The lowest BCUT2D eigenvalue weighted by atomic mass is 9.57. The van der Waals surface area contributed by atoms with Crippen molar-refractivity contribution in [2.24, 2.45) is 0 Å². The fourth-order valence-electron chi connectivity index (χ4n) is 9.78. The van der Waals surface area contributed by atoms with Gasteiger partial charge in [0.1, 0.15) is 11.5 Å². The topological polar surface area (TPSA) is 9.23 Å². The molecule has 0 radical (unpaired) electrons. The summed E-state index contributed by atoms with van der Waals surface area (Å²) in [4.78, 5) is 0. The maximum absolute atomic E-state index is 6.92. The summed E-state index contributed by atoms with van der Waals surface area (Å²) in [6.45, 7) is 7.01. The van der Waals surface area contributed by atoms with E-state index in [-0.39, 0.29) is 17.3 Å². The van der Waals surface area contributed by atoms with Crippen LogP contribution in [0.25, 0.3) is 27.8 Å². The Morgan fingerprint density at radius 1 is 0.583 bits per heavy atom. The second kappa shape index (κ2) is 8.94. The molecule has 3 atom stereocenters. The van der Waals surface area contributed by atoms with Gasteiger partial charge in [-0.2, -0.15) is 0 Å². The molecule has 1 nitrogen and oxygen atoms in total. The number of allylic oxidation sites excluding steroid dienone is 4. The van der Waals surface area contributed by atoms with Crippen LogP contribution in [0.4, 0.5) is 0 Å². The van der Waals surface area contributed by atoms with Crippen molar-refractivity contribution in [2.45, 2.75) is 43.4 Å². The number of hydrogen-bond acceptors (Lipinski definition) is 1. The van der Waals surface area contributed by atoms with Crippen molar-refractivity contribution >= 4 is 5.57 Å². The van der Waals surface area contributed by atoms with E-state index in [0.29, 0.717) is 0 Å². The van der Waals surface area contributed by atoms with Gasteiger partial charge in [-0.1, -0.05) is 148 Å². The minimum atomic E-state index is -0.415. The van der Waals surface area contributed by atoms with Gasteiger partial charge in [0.15, 0.2) is 0 Å². The molecule has 0 bridgehead atoms. The fraction of sp³-hybridized carbons (Fsp3) is 0.149. The van der Waals surface area contributed by atoms with Crippen LogP contribution < -0.4 is 4.74 Å². The van der Waals surface area contributed by atoms with Crippen LogP contribution in [-0.2, 0) is 10.8 Å². The van der Waals surface area contributed by atoms with E-state index in [4.69, 9.17) is 4.74 Å². The summed E-state index contributed by atoms with van der Waals surface area (Å²) >= 11 is 0. The van der Waals surface area contributed by atoms with Crippen LogP contribution >= 0.6 is 0 Å². The Balaban J connectivity index is 1.20. The molecule has 1 aliphatic heterocycles. The van der Waals surface area contributed by atoms with Crippen molar-refractivity contribution in [2.75, 3.05) is 0 Å². The summed E-state index contributed by atoms with van der Waals surface area (Å²) in [5.41, 5.74) is 20.0. The van der Waals surface area contributed by atoms with Gasteiger partial charge in [0.2, 0.25) is 0 Å².